The van der Waals surface area contributed by atoms with Gasteiger partial charge in [0.15, 0.2) is 0 Å². The van der Waals surface area contributed by atoms with E-state index in [1.807, 2.05) is 0 Å². The van der Waals surface area contributed by atoms with Crippen molar-refractivity contribution in [1.82, 2.24) is 0 Å². The van der Waals surface area contributed by atoms with Gasteiger partial charge in [0.1, 0.15) is 11.5 Å². The second-order valence-corrected chi connectivity index (χ2v) is 5.43. The number of carboxylic acid groups (broad SMARTS) is 1. The van der Waals surface area contributed by atoms with Crippen LogP contribution in [0.25, 0.3) is 17.2 Å². The summed E-state index contributed by atoms with van der Waals surface area (Å²) < 4.78 is 49.0. The smallest absolute Gasteiger partial charge is 0.430 e. The zero-order valence-corrected chi connectivity index (χ0v) is 13.0. The van der Waals surface area contributed by atoms with Crippen molar-refractivity contribution in [3.63, 3.8) is 0 Å². The number of ether oxygens (including phenoxy) is 2. The number of rotatable bonds is 3. The van der Waals surface area contributed by atoms with E-state index in [0.29, 0.717) is 5.75 Å². The molecule has 1 atom stereocenters. The van der Waals surface area contributed by atoms with Crippen LogP contribution in [0.4, 0.5) is 13.2 Å². The van der Waals surface area contributed by atoms with Gasteiger partial charge in [-0.3, -0.25) is 0 Å². The predicted molar refractivity (Wildman–Crippen MR) is 84.5 cm³/mol. The lowest BCUT2D eigenvalue weighted by molar-refractivity contribution is -0.187. The lowest BCUT2D eigenvalue weighted by Crippen LogP contribution is -2.40. The van der Waals surface area contributed by atoms with Crippen LogP contribution < -0.4 is 9.47 Å². The number of benzene rings is 2. The Morgan fingerprint density at radius 2 is 1.76 bits per heavy atom. The second kappa shape index (κ2) is 6.16. The number of halogens is 3. The molecule has 0 fully saturated rings. The van der Waals surface area contributed by atoms with Gasteiger partial charge < -0.3 is 14.6 Å². The lowest BCUT2D eigenvalue weighted by atomic mass is 9.97. The highest BCUT2D eigenvalue weighted by atomic mass is 19.4. The average molecular weight is 350 g/mol. The van der Waals surface area contributed by atoms with E-state index in [4.69, 9.17) is 14.6 Å². The second-order valence-electron chi connectivity index (χ2n) is 5.43. The molecule has 3 rings (SSSR count). The molecule has 0 spiro atoms. The van der Waals surface area contributed by atoms with Crippen LogP contribution in [0.1, 0.15) is 5.56 Å². The van der Waals surface area contributed by atoms with E-state index < -0.39 is 23.8 Å². The maximum absolute atomic E-state index is 13.0. The van der Waals surface area contributed by atoms with Gasteiger partial charge in [0.25, 0.3) is 0 Å². The van der Waals surface area contributed by atoms with Gasteiger partial charge >= 0.3 is 12.1 Å². The Bertz CT molecular complexity index is 838. The van der Waals surface area contributed by atoms with Crippen molar-refractivity contribution in [3.8, 4) is 22.6 Å². The fraction of sp³-hybridized carbons (Fsp3) is 0.167. The number of hydrogen-bond donors (Lipinski definition) is 1. The predicted octanol–water partition coefficient (Wildman–Crippen LogP) is 4.15. The molecule has 1 aliphatic rings. The van der Waals surface area contributed by atoms with Crippen LogP contribution in [0.5, 0.6) is 11.5 Å². The maximum Gasteiger partial charge on any atom is 0.430 e. The largest absolute Gasteiger partial charge is 0.497 e. The molecule has 1 unspecified atom stereocenters. The van der Waals surface area contributed by atoms with Gasteiger partial charge in [0, 0.05) is 5.56 Å². The number of alkyl halides is 3. The Balaban J connectivity index is 2.02. The topological polar surface area (TPSA) is 55.8 Å². The summed E-state index contributed by atoms with van der Waals surface area (Å²) in [5.74, 6) is -1.00. The summed E-state index contributed by atoms with van der Waals surface area (Å²) in [6.45, 7) is 0. The van der Waals surface area contributed by atoms with Crippen molar-refractivity contribution in [2.24, 2.45) is 0 Å². The van der Waals surface area contributed by atoms with E-state index >= 15 is 0 Å². The van der Waals surface area contributed by atoms with Crippen LogP contribution in [0.15, 0.2) is 48.0 Å². The highest BCUT2D eigenvalue weighted by Gasteiger charge is 2.48. The zero-order valence-electron chi connectivity index (χ0n) is 13.0. The summed E-state index contributed by atoms with van der Waals surface area (Å²) >= 11 is 0. The van der Waals surface area contributed by atoms with Crippen molar-refractivity contribution >= 4 is 12.0 Å². The first kappa shape index (κ1) is 16.9. The van der Waals surface area contributed by atoms with Crippen molar-refractivity contribution in [3.05, 3.63) is 53.6 Å². The molecule has 1 aliphatic heterocycles. The third-order valence-corrected chi connectivity index (χ3v) is 3.82. The van der Waals surface area contributed by atoms with E-state index in [1.165, 1.54) is 6.07 Å². The molecule has 0 saturated carbocycles. The number of fused-ring (bicyclic) bond motifs is 1. The molecule has 130 valence electrons. The molecular weight excluding hydrogens is 337 g/mol. The van der Waals surface area contributed by atoms with Crippen LogP contribution in [0.3, 0.4) is 0 Å². The molecule has 0 bridgehead atoms. The van der Waals surface area contributed by atoms with E-state index in [1.54, 1.807) is 43.5 Å². The first-order chi connectivity index (χ1) is 11.8. The molecule has 2 aromatic carbocycles. The van der Waals surface area contributed by atoms with Crippen LogP contribution >= 0.6 is 0 Å². The average Bonchev–Trinajstić information content (AvgIpc) is 2.59. The SMILES string of the molecule is COc1ccc(-c2ccc3c(c2)C=C(C(=O)O)C(C(F)(F)F)O3)cc1. The molecule has 1 N–H and O–H groups in total. The van der Waals surface area contributed by atoms with E-state index in [-0.39, 0.29) is 11.3 Å². The summed E-state index contributed by atoms with van der Waals surface area (Å²) in [4.78, 5) is 11.2. The molecule has 7 heteroatoms. The van der Waals surface area contributed by atoms with Gasteiger partial charge in [-0.2, -0.15) is 13.2 Å². The first-order valence-electron chi connectivity index (χ1n) is 7.26. The highest BCUT2D eigenvalue weighted by Crippen LogP contribution is 2.39. The van der Waals surface area contributed by atoms with Crippen LogP contribution in [-0.4, -0.2) is 30.5 Å². The van der Waals surface area contributed by atoms with Gasteiger partial charge in [0.05, 0.1) is 12.7 Å². The standard InChI is InChI=1S/C18H13F3O4/c1-24-13-5-2-10(3-6-13)11-4-7-15-12(8-11)9-14(17(22)23)16(25-15)18(19,20)21/h2-9,16H,1H3,(H,22,23). The summed E-state index contributed by atoms with van der Waals surface area (Å²) in [7, 11) is 1.54. The molecule has 0 aliphatic carbocycles. The minimum atomic E-state index is -4.81. The maximum atomic E-state index is 13.0. The Labute approximate surface area is 141 Å². The molecular formula is C18H13F3O4. The first-order valence-corrected chi connectivity index (χ1v) is 7.26. The third-order valence-electron chi connectivity index (χ3n) is 3.82. The third kappa shape index (κ3) is 3.31. The zero-order chi connectivity index (χ0) is 18.2. The minimum Gasteiger partial charge on any atom is -0.497 e. The fourth-order valence-corrected chi connectivity index (χ4v) is 2.58. The Morgan fingerprint density at radius 1 is 1.12 bits per heavy atom. The number of aliphatic carboxylic acids is 1. The van der Waals surface area contributed by atoms with Crippen molar-refractivity contribution in [1.29, 1.82) is 0 Å². The molecule has 0 aromatic heterocycles. The Kier molecular flexibility index (Phi) is 4.16. The molecule has 0 radical (unpaired) electrons. The van der Waals surface area contributed by atoms with E-state index in [9.17, 15) is 18.0 Å². The normalized spacial score (nSPS) is 16.5. The van der Waals surface area contributed by atoms with Gasteiger partial charge in [-0.25, -0.2) is 4.79 Å². The number of carbonyl (C=O) groups is 1. The molecule has 0 saturated heterocycles. The number of carboxylic acids is 1. The quantitative estimate of drug-likeness (QED) is 0.903. The van der Waals surface area contributed by atoms with Crippen molar-refractivity contribution in [2.45, 2.75) is 12.3 Å². The Hall–Kier alpha value is -2.96. The molecule has 0 amide bonds. The summed E-state index contributed by atoms with van der Waals surface area (Å²) in [6.07, 6.45) is -6.28. The molecule has 4 nitrogen and oxygen atoms in total. The summed E-state index contributed by atoms with van der Waals surface area (Å²) in [5, 5.41) is 9.08. The highest BCUT2D eigenvalue weighted by molar-refractivity contribution is 5.95. The van der Waals surface area contributed by atoms with Gasteiger partial charge in [-0.05, 0) is 41.5 Å². The van der Waals surface area contributed by atoms with Crippen LogP contribution in [-0.2, 0) is 4.79 Å². The van der Waals surface area contributed by atoms with Crippen molar-refractivity contribution in [2.75, 3.05) is 7.11 Å². The van der Waals surface area contributed by atoms with Gasteiger partial charge in [-0.15, -0.1) is 0 Å². The minimum absolute atomic E-state index is 0.00964. The lowest BCUT2D eigenvalue weighted by Gasteiger charge is -2.27. The summed E-state index contributed by atoms with van der Waals surface area (Å²) in [6, 6.07) is 11.7. The van der Waals surface area contributed by atoms with Gasteiger partial charge in [0.2, 0.25) is 6.10 Å². The van der Waals surface area contributed by atoms with Gasteiger partial charge in [-0.1, -0.05) is 18.2 Å². The van der Waals surface area contributed by atoms with E-state index in [2.05, 4.69) is 0 Å². The van der Waals surface area contributed by atoms with Crippen LogP contribution in [0, 0.1) is 0 Å². The van der Waals surface area contributed by atoms with Crippen LogP contribution in [0.2, 0.25) is 0 Å². The van der Waals surface area contributed by atoms with Crippen molar-refractivity contribution < 1.29 is 32.5 Å². The fourth-order valence-electron chi connectivity index (χ4n) is 2.58. The monoisotopic (exact) mass is 350 g/mol. The van der Waals surface area contributed by atoms with E-state index in [0.717, 1.165) is 17.2 Å². The number of methoxy groups -OCH3 is 1. The number of hydrogen-bond acceptors (Lipinski definition) is 3. The molecule has 25 heavy (non-hydrogen) atoms. The molecule has 2 aromatic rings. The Morgan fingerprint density at radius 3 is 2.32 bits per heavy atom. The molecule has 1 heterocycles. The summed E-state index contributed by atoms with van der Waals surface area (Å²) in [5.41, 5.74) is 0.973.